The van der Waals surface area contributed by atoms with Crippen LogP contribution in [-0.4, -0.2) is 46.8 Å². The van der Waals surface area contributed by atoms with Crippen LogP contribution in [0.3, 0.4) is 0 Å². The third kappa shape index (κ3) is 7.38. The van der Waals surface area contributed by atoms with Gasteiger partial charge in [0.2, 0.25) is 0 Å². The Bertz CT molecular complexity index is 1790. The molecule has 5 aliphatic carbocycles. The Morgan fingerprint density at radius 3 is 2.19 bits per heavy atom. The van der Waals surface area contributed by atoms with Crippen LogP contribution in [0, 0.1) is 34.5 Å². The summed E-state index contributed by atoms with van der Waals surface area (Å²) in [6.07, 6.45) is 10.8. The molecule has 7 nitrogen and oxygen atoms in total. The molecule has 10 rings (SSSR count). The smallest absolute Gasteiger partial charge is 0.315 e. The summed E-state index contributed by atoms with van der Waals surface area (Å²) in [5.74, 6) is 2.57. The summed E-state index contributed by atoms with van der Waals surface area (Å²) in [7, 11) is 0. The van der Waals surface area contributed by atoms with Gasteiger partial charge in [0, 0.05) is 42.7 Å². The van der Waals surface area contributed by atoms with Gasteiger partial charge in [0.1, 0.15) is 0 Å². The number of rotatable bonds is 9. The van der Waals surface area contributed by atoms with Crippen LogP contribution in [-0.2, 0) is 22.6 Å². The molecule has 3 aromatic rings. The molecule has 2 aliphatic heterocycles. The Kier molecular flexibility index (Phi) is 9.48. The molecule has 0 radical (unpaired) electrons. The van der Waals surface area contributed by atoms with E-state index in [2.05, 4.69) is 104 Å². The maximum Gasteiger partial charge on any atom is 0.315 e. The lowest BCUT2D eigenvalue weighted by Gasteiger charge is -2.56. The molecule has 2 saturated heterocycles. The molecule has 0 spiro atoms. The van der Waals surface area contributed by atoms with Gasteiger partial charge in [0.15, 0.2) is 6.29 Å². The van der Waals surface area contributed by atoms with E-state index in [-0.39, 0.29) is 36.3 Å². The van der Waals surface area contributed by atoms with Crippen LogP contribution in [0.15, 0.2) is 72.8 Å². The van der Waals surface area contributed by atoms with Gasteiger partial charge in [-0.2, -0.15) is 0 Å². The molecule has 2 heterocycles. The van der Waals surface area contributed by atoms with Crippen LogP contribution in [0.5, 0.6) is 0 Å². The number of nitrogens with zero attached hydrogens (tertiary/aromatic N) is 1. The second-order valence-corrected chi connectivity index (χ2v) is 19.8. The van der Waals surface area contributed by atoms with E-state index >= 15 is 0 Å². The first kappa shape index (κ1) is 36.4. The first-order valence-corrected chi connectivity index (χ1v) is 20.9. The Hall–Kier alpha value is -3.23. The van der Waals surface area contributed by atoms with Crippen molar-refractivity contribution in [2.45, 2.75) is 129 Å². The molecule has 54 heavy (non-hydrogen) atoms. The number of aliphatic hydroxyl groups is 1. The average molecular weight is 732 g/mol. The number of carbonyl (C=O) groups excluding carboxylic acids is 1. The summed E-state index contributed by atoms with van der Waals surface area (Å²) < 4.78 is 13.8. The summed E-state index contributed by atoms with van der Waals surface area (Å²) in [5, 5.41) is 16.3. The van der Waals surface area contributed by atoms with Crippen molar-refractivity contribution in [1.82, 2.24) is 15.5 Å². The average Bonchev–Trinajstić information content (AvgIpc) is 3.37. The minimum absolute atomic E-state index is 0.0134. The van der Waals surface area contributed by atoms with E-state index in [0.717, 1.165) is 83.5 Å². The fourth-order valence-corrected chi connectivity index (χ4v) is 12.8. The largest absolute Gasteiger partial charge is 0.392 e. The van der Waals surface area contributed by atoms with Crippen molar-refractivity contribution >= 4 is 6.03 Å². The highest BCUT2D eigenvalue weighted by atomic mass is 16.7. The number of benzene rings is 3. The van der Waals surface area contributed by atoms with Gasteiger partial charge in [-0.05, 0) is 120 Å². The zero-order chi connectivity index (χ0) is 37.2. The van der Waals surface area contributed by atoms with Crippen LogP contribution >= 0.6 is 0 Å². The van der Waals surface area contributed by atoms with Crippen LogP contribution in [0.25, 0.3) is 11.1 Å². The maximum atomic E-state index is 13.2. The minimum atomic E-state index is -0.486. The van der Waals surface area contributed by atoms with Gasteiger partial charge in [0.05, 0.1) is 18.8 Å². The van der Waals surface area contributed by atoms with Crippen LogP contribution in [0.4, 0.5) is 4.79 Å². The van der Waals surface area contributed by atoms with Gasteiger partial charge >= 0.3 is 6.03 Å². The van der Waals surface area contributed by atoms with Gasteiger partial charge < -0.3 is 25.2 Å². The molecule has 288 valence electrons. The minimum Gasteiger partial charge on any atom is -0.392 e. The van der Waals surface area contributed by atoms with E-state index in [1.165, 1.54) is 38.5 Å². The quantitative estimate of drug-likeness (QED) is 0.204. The number of hydrogen-bond donors (Lipinski definition) is 3. The molecule has 3 N–H and O–H groups in total. The maximum absolute atomic E-state index is 13.2. The van der Waals surface area contributed by atoms with E-state index < -0.39 is 6.29 Å². The summed E-state index contributed by atoms with van der Waals surface area (Å²) in [6, 6.07) is 25.9. The Labute approximate surface area is 322 Å². The molecule has 3 aromatic carbocycles. The summed E-state index contributed by atoms with van der Waals surface area (Å²) in [6.45, 7) is 12.2. The predicted molar refractivity (Wildman–Crippen MR) is 212 cm³/mol. The molecule has 2 unspecified atom stereocenters. The molecule has 7 heteroatoms. The molecular formula is C47H61N3O4. The Morgan fingerprint density at radius 2 is 1.50 bits per heavy atom. The number of nitrogens with one attached hydrogen (secondary N) is 2. The standard InChI is InChI=1S/C47H61N3O4/c1-30-41(26-50-29-46(4)24-40(50)23-45(2,3)28-46)53-43(54-42(30)37-10-8-31(27-51)9-11-37)38-14-12-36(13-15-38)39-7-5-6-32(19-39)25-48-44(52)49-47-20-33-16-34(21-47)18-35(17-33)22-47/h5-15,19,30,33-35,40-43,51H,16-18,20-29H2,1-4H3,(H2,48,49,52)/t30-,33?,34?,35?,40?,41+,42+,43+,46?,47?/m0/s1. The molecule has 7 aliphatic rings. The Morgan fingerprint density at radius 1 is 0.815 bits per heavy atom. The van der Waals surface area contributed by atoms with E-state index in [0.29, 0.717) is 23.4 Å². The number of urea groups is 1. The molecule has 0 aromatic heterocycles. The van der Waals surface area contributed by atoms with E-state index in [1.54, 1.807) is 0 Å². The van der Waals surface area contributed by atoms with Gasteiger partial charge in [-0.25, -0.2) is 4.79 Å². The fraction of sp³-hybridized carbons (Fsp3) is 0.596. The highest BCUT2D eigenvalue weighted by Gasteiger charge is 2.52. The van der Waals surface area contributed by atoms with Crippen molar-refractivity contribution in [3.8, 4) is 11.1 Å². The van der Waals surface area contributed by atoms with E-state index in [9.17, 15) is 9.90 Å². The Balaban J connectivity index is 0.884. The number of fused-ring (bicyclic) bond motifs is 2. The van der Waals surface area contributed by atoms with Crippen molar-refractivity contribution < 1.29 is 19.4 Å². The van der Waals surface area contributed by atoms with E-state index in [1.807, 2.05) is 12.1 Å². The molecule has 6 atom stereocenters. The number of hydrogen-bond acceptors (Lipinski definition) is 5. The lowest BCUT2D eigenvalue weighted by atomic mass is 9.53. The van der Waals surface area contributed by atoms with Crippen molar-refractivity contribution in [2.24, 2.45) is 34.5 Å². The monoisotopic (exact) mass is 731 g/mol. The third-order valence-electron chi connectivity index (χ3n) is 14.4. The van der Waals surface area contributed by atoms with Crippen molar-refractivity contribution in [3.05, 3.63) is 95.1 Å². The van der Waals surface area contributed by atoms with Gasteiger partial charge in [-0.3, -0.25) is 4.90 Å². The van der Waals surface area contributed by atoms with Crippen molar-refractivity contribution in [3.63, 3.8) is 0 Å². The first-order chi connectivity index (χ1) is 25.9. The highest BCUT2D eigenvalue weighted by molar-refractivity contribution is 5.75. The normalized spacial score (nSPS) is 36.6. The number of ether oxygens (including phenoxy) is 2. The number of aliphatic hydroxyl groups excluding tert-OH is 1. The molecule has 6 bridgehead atoms. The lowest BCUT2D eigenvalue weighted by molar-refractivity contribution is -0.276. The zero-order valence-corrected chi connectivity index (χ0v) is 32.9. The summed E-state index contributed by atoms with van der Waals surface area (Å²) in [4.78, 5) is 15.9. The summed E-state index contributed by atoms with van der Waals surface area (Å²) in [5.41, 5.74) is 7.13. The number of carbonyl (C=O) groups is 1. The van der Waals surface area contributed by atoms with Crippen LogP contribution < -0.4 is 10.6 Å². The SMILES string of the molecule is C[C@H]1[C@@H](CN2CC3(C)CC2CC(C)(C)C3)O[C@@H](c2ccc(-c3cccc(CNC(=O)NC45CC6CC(CC(C6)C4)C5)c3)cc2)O[C@H]1c1ccc(CO)cc1. The first-order valence-electron chi connectivity index (χ1n) is 20.9. The van der Waals surface area contributed by atoms with Gasteiger partial charge in [-0.1, -0.05) is 94.4 Å². The number of amides is 2. The van der Waals surface area contributed by atoms with Crippen molar-refractivity contribution in [1.29, 1.82) is 0 Å². The highest BCUT2D eigenvalue weighted by Crippen LogP contribution is 2.56. The van der Waals surface area contributed by atoms with Gasteiger partial charge in [-0.15, -0.1) is 0 Å². The lowest BCUT2D eigenvalue weighted by Crippen LogP contribution is -2.61. The fourth-order valence-electron chi connectivity index (χ4n) is 12.8. The molecular weight excluding hydrogens is 671 g/mol. The summed E-state index contributed by atoms with van der Waals surface area (Å²) >= 11 is 0. The second kappa shape index (κ2) is 14.1. The third-order valence-corrected chi connectivity index (χ3v) is 14.4. The van der Waals surface area contributed by atoms with Crippen molar-refractivity contribution in [2.75, 3.05) is 13.1 Å². The molecule has 5 saturated carbocycles. The molecule has 7 fully saturated rings. The predicted octanol–water partition coefficient (Wildman–Crippen LogP) is 9.31. The van der Waals surface area contributed by atoms with Gasteiger partial charge in [0.25, 0.3) is 0 Å². The topological polar surface area (TPSA) is 83.1 Å². The van der Waals surface area contributed by atoms with Crippen LogP contribution in [0.1, 0.15) is 120 Å². The van der Waals surface area contributed by atoms with Crippen LogP contribution in [0.2, 0.25) is 0 Å². The second-order valence-electron chi connectivity index (χ2n) is 19.8. The molecule has 2 amide bonds. The number of likely N-dealkylation sites (tertiary alicyclic amines) is 1. The van der Waals surface area contributed by atoms with E-state index in [4.69, 9.17) is 9.47 Å². The zero-order valence-electron chi connectivity index (χ0n) is 32.9.